The van der Waals surface area contributed by atoms with Crippen LogP contribution in [0.25, 0.3) is 10.9 Å². The van der Waals surface area contributed by atoms with Gasteiger partial charge in [-0.3, -0.25) is 9.69 Å². The Morgan fingerprint density at radius 2 is 1.83 bits per heavy atom. The van der Waals surface area contributed by atoms with Gasteiger partial charge in [0.15, 0.2) is 5.79 Å². The average Bonchev–Trinajstić information content (AvgIpc) is 3.36. The first-order valence-electron chi connectivity index (χ1n) is 10.3. The fourth-order valence-electron chi connectivity index (χ4n) is 4.29. The zero-order valence-electron chi connectivity index (χ0n) is 16.7. The minimum Gasteiger partial charge on any atom is -0.364 e. The zero-order valence-corrected chi connectivity index (χ0v) is 17.5. The average molecular weight is 424 g/mol. The lowest BCUT2D eigenvalue weighted by Crippen LogP contribution is -2.44. The number of nitrogens with zero attached hydrogens (tertiary/aromatic N) is 1. The van der Waals surface area contributed by atoms with Gasteiger partial charge >= 0.3 is 0 Å². The number of nitrogens with one attached hydrogen (secondary N) is 1. The van der Waals surface area contributed by atoms with Gasteiger partial charge in [0.05, 0.1) is 18.1 Å². The van der Waals surface area contributed by atoms with Gasteiger partial charge in [-0.05, 0) is 29.8 Å². The number of carbonyl (C=O) groups is 1. The van der Waals surface area contributed by atoms with E-state index in [1.165, 1.54) is 5.56 Å². The molecule has 2 aliphatic heterocycles. The van der Waals surface area contributed by atoms with Gasteiger partial charge in [-0.15, -0.1) is 0 Å². The van der Waals surface area contributed by atoms with Crippen molar-refractivity contribution in [1.82, 2.24) is 9.88 Å². The van der Waals surface area contributed by atoms with Crippen LogP contribution in [0.5, 0.6) is 0 Å². The molecule has 0 saturated carbocycles. The molecule has 1 aromatic heterocycles. The van der Waals surface area contributed by atoms with E-state index < -0.39 is 5.91 Å². The second-order valence-electron chi connectivity index (χ2n) is 7.87. The van der Waals surface area contributed by atoms with E-state index in [1.807, 2.05) is 36.4 Å². The van der Waals surface area contributed by atoms with Gasteiger partial charge in [0, 0.05) is 48.3 Å². The number of aromatic nitrogens is 1. The second-order valence-corrected chi connectivity index (χ2v) is 8.96. The first-order valence-corrected chi connectivity index (χ1v) is 11.1. The number of primary amides is 1. The standard InChI is InChI=1S/C23H25N3O3S/c24-22(27)20-21(30-17-4-2-1-3-5-17)18-14-16(6-7-19(18)25-20)15-26-10-8-23(9-11-26)28-12-13-29-23/h1-7,14,25H,8-13,15H2,(H2,24,27). The summed E-state index contributed by atoms with van der Waals surface area (Å²) in [4.78, 5) is 19.6. The monoisotopic (exact) mass is 423 g/mol. The van der Waals surface area contributed by atoms with Crippen LogP contribution in [0.15, 0.2) is 58.3 Å². The highest BCUT2D eigenvalue weighted by Gasteiger charge is 2.39. The van der Waals surface area contributed by atoms with E-state index in [9.17, 15) is 4.79 Å². The molecule has 6 nitrogen and oxygen atoms in total. The summed E-state index contributed by atoms with van der Waals surface area (Å²) >= 11 is 1.57. The molecule has 0 radical (unpaired) electrons. The normalized spacial score (nSPS) is 18.9. The van der Waals surface area contributed by atoms with Crippen LogP contribution in [-0.4, -0.2) is 47.9 Å². The quantitative estimate of drug-likeness (QED) is 0.653. The predicted molar refractivity (Wildman–Crippen MR) is 117 cm³/mol. The lowest BCUT2D eigenvalue weighted by molar-refractivity contribution is -0.185. The number of hydrogen-bond acceptors (Lipinski definition) is 5. The van der Waals surface area contributed by atoms with E-state index in [2.05, 4.69) is 22.0 Å². The van der Waals surface area contributed by atoms with Gasteiger partial charge in [-0.2, -0.15) is 0 Å². The van der Waals surface area contributed by atoms with Gasteiger partial charge in [0.1, 0.15) is 5.69 Å². The number of likely N-dealkylation sites (tertiary alicyclic amines) is 1. The number of hydrogen-bond donors (Lipinski definition) is 2. The van der Waals surface area contributed by atoms with Crippen molar-refractivity contribution in [2.75, 3.05) is 26.3 Å². The lowest BCUT2D eigenvalue weighted by atomic mass is 10.0. The number of H-pyrrole nitrogens is 1. The molecule has 7 heteroatoms. The number of benzene rings is 2. The summed E-state index contributed by atoms with van der Waals surface area (Å²) in [5.41, 5.74) is 8.27. The van der Waals surface area contributed by atoms with Crippen LogP contribution in [-0.2, 0) is 16.0 Å². The molecule has 2 saturated heterocycles. The van der Waals surface area contributed by atoms with Crippen molar-refractivity contribution in [3.05, 3.63) is 59.8 Å². The van der Waals surface area contributed by atoms with Crippen LogP contribution in [0.3, 0.4) is 0 Å². The third-order valence-corrected chi connectivity index (χ3v) is 7.00. The number of fused-ring (bicyclic) bond motifs is 1. The van der Waals surface area contributed by atoms with Crippen molar-refractivity contribution < 1.29 is 14.3 Å². The third kappa shape index (κ3) is 3.86. The molecule has 2 aliphatic rings. The minimum atomic E-state index is -0.441. The second kappa shape index (κ2) is 8.07. The molecule has 1 spiro atoms. The van der Waals surface area contributed by atoms with E-state index in [0.717, 1.165) is 53.2 Å². The summed E-state index contributed by atoms with van der Waals surface area (Å²) in [6, 6.07) is 16.4. The summed E-state index contributed by atoms with van der Waals surface area (Å²) in [6.45, 7) is 4.16. The molecule has 3 aromatic rings. The van der Waals surface area contributed by atoms with Gasteiger partial charge < -0.3 is 20.2 Å². The summed E-state index contributed by atoms with van der Waals surface area (Å²) < 4.78 is 11.7. The number of rotatable bonds is 5. The number of nitrogens with two attached hydrogens (primary N) is 1. The smallest absolute Gasteiger partial charge is 0.266 e. The van der Waals surface area contributed by atoms with E-state index in [4.69, 9.17) is 15.2 Å². The van der Waals surface area contributed by atoms with Crippen molar-refractivity contribution in [2.45, 2.75) is 35.0 Å². The van der Waals surface area contributed by atoms with Crippen molar-refractivity contribution in [3.8, 4) is 0 Å². The SMILES string of the molecule is NC(=O)c1[nH]c2ccc(CN3CCC4(CC3)OCCO4)cc2c1Sc1ccccc1. The first kappa shape index (κ1) is 19.6. The van der Waals surface area contributed by atoms with Crippen LogP contribution in [0.4, 0.5) is 0 Å². The summed E-state index contributed by atoms with van der Waals surface area (Å²) in [5, 5.41) is 1.03. The van der Waals surface area contributed by atoms with Crippen LogP contribution in [0.1, 0.15) is 28.9 Å². The van der Waals surface area contributed by atoms with E-state index in [1.54, 1.807) is 11.8 Å². The Morgan fingerprint density at radius 1 is 1.10 bits per heavy atom. The Hall–Kier alpha value is -2.32. The van der Waals surface area contributed by atoms with Crippen molar-refractivity contribution >= 4 is 28.6 Å². The van der Waals surface area contributed by atoms with Crippen LogP contribution < -0.4 is 5.73 Å². The molecule has 0 atom stereocenters. The van der Waals surface area contributed by atoms with Gasteiger partial charge in [0.25, 0.3) is 5.91 Å². The third-order valence-electron chi connectivity index (χ3n) is 5.86. The molecule has 0 bridgehead atoms. The topological polar surface area (TPSA) is 80.6 Å². The summed E-state index contributed by atoms with van der Waals surface area (Å²) in [6.07, 6.45) is 1.81. The Kier molecular flexibility index (Phi) is 5.28. The molecule has 0 aliphatic carbocycles. The Balaban J connectivity index is 1.39. The van der Waals surface area contributed by atoms with Crippen molar-refractivity contribution in [1.29, 1.82) is 0 Å². The molecule has 30 heavy (non-hydrogen) atoms. The molecule has 0 unspecified atom stereocenters. The first-order chi connectivity index (χ1) is 14.6. The number of ether oxygens (including phenoxy) is 2. The number of aromatic amines is 1. The fraction of sp³-hybridized carbons (Fsp3) is 0.348. The molecular formula is C23H25N3O3S. The van der Waals surface area contributed by atoms with Crippen molar-refractivity contribution in [3.63, 3.8) is 0 Å². The Bertz CT molecular complexity index is 1050. The predicted octanol–water partition coefficient (Wildman–Crippen LogP) is 3.76. The lowest BCUT2D eigenvalue weighted by Gasteiger charge is -2.37. The maximum atomic E-state index is 12.1. The number of carbonyl (C=O) groups excluding carboxylic acids is 1. The molecule has 3 N–H and O–H groups in total. The van der Waals surface area contributed by atoms with Crippen LogP contribution >= 0.6 is 11.8 Å². The van der Waals surface area contributed by atoms with E-state index >= 15 is 0 Å². The highest BCUT2D eigenvalue weighted by atomic mass is 32.2. The Labute approximate surface area is 179 Å². The highest BCUT2D eigenvalue weighted by molar-refractivity contribution is 7.99. The van der Waals surface area contributed by atoms with Gasteiger partial charge in [-0.25, -0.2) is 0 Å². The van der Waals surface area contributed by atoms with E-state index in [-0.39, 0.29) is 5.79 Å². The summed E-state index contributed by atoms with van der Waals surface area (Å²) in [5.74, 6) is -0.791. The number of piperidine rings is 1. The van der Waals surface area contributed by atoms with Gasteiger partial charge in [-0.1, -0.05) is 36.0 Å². The molecule has 156 valence electrons. The minimum absolute atomic E-state index is 0.350. The maximum absolute atomic E-state index is 12.1. The fourth-order valence-corrected chi connectivity index (χ4v) is 5.36. The number of amides is 1. The maximum Gasteiger partial charge on any atom is 0.266 e. The zero-order chi connectivity index (χ0) is 20.6. The van der Waals surface area contributed by atoms with Crippen LogP contribution in [0.2, 0.25) is 0 Å². The van der Waals surface area contributed by atoms with Crippen LogP contribution in [0, 0.1) is 0 Å². The molecule has 1 amide bonds. The summed E-state index contributed by atoms with van der Waals surface area (Å²) in [7, 11) is 0. The van der Waals surface area contributed by atoms with Crippen molar-refractivity contribution in [2.24, 2.45) is 5.73 Å². The molecule has 2 aromatic carbocycles. The highest BCUT2D eigenvalue weighted by Crippen LogP contribution is 2.37. The molecule has 2 fully saturated rings. The molecule has 5 rings (SSSR count). The Morgan fingerprint density at radius 3 is 2.53 bits per heavy atom. The van der Waals surface area contributed by atoms with E-state index in [0.29, 0.717) is 18.9 Å². The largest absolute Gasteiger partial charge is 0.364 e. The van der Waals surface area contributed by atoms with Gasteiger partial charge in [0.2, 0.25) is 0 Å². The molecular weight excluding hydrogens is 398 g/mol. The molecule has 3 heterocycles.